The van der Waals surface area contributed by atoms with Gasteiger partial charge in [0.1, 0.15) is 0 Å². The molecule has 70 heavy (non-hydrogen) atoms. The molecule has 0 radical (unpaired) electrons. The Hall–Kier alpha value is 0. The molecule has 2 aliphatic carbocycles. The second-order valence-electron chi connectivity index (χ2n) is 28.1. The van der Waals surface area contributed by atoms with E-state index in [0.29, 0.717) is 21.7 Å². The van der Waals surface area contributed by atoms with Gasteiger partial charge in [-0.2, -0.15) is 0 Å². The van der Waals surface area contributed by atoms with Crippen LogP contribution in [0, 0.1) is 86.8 Å². The van der Waals surface area contributed by atoms with Crippen molar-refractivity contribution in [2.24, 2.45) is 86.8 Å². The highest BCUT2D eigenvalue weighted by Crippen LogP contribution is 2.30. The van der Waals surface area contributed by atoms with Gasteiger partial charge in [0.2, 0.25) is 0 Å². The van der Waals surface area contributed by atoms with E-state index in [1.807, 2.05) is 0 Å². The van der Waals surface area contributed by atoms with Crippen molar-refractivity contribution < 1.29 is 0 Å². The maximum Gasteiger partial charge on any atom is -0.0359 e. The van der Waals surface area contributed by atoms with Crippen LogP contribution in [0.25, 0.3) is 0 Å². The maximum absolute atomic E-state index is 2.36. The average molecular weight is 998 g/mol. The van der Waals surface area contributed by atoms with Crippen LogP contribution < -0.4 is 0 Å². The molecule has 0 aromatic heterocycles. The van der Waals surface area contributed by atoms with Crippen molar-refractivity contribution in [1.29, 1.82) is 0 Å². The smallest absolute Gasteiger partial charge is 0.0359 e. The molecule has 0 bridgehead atoms. The predicted octanol–water partition coefficient (Wildman–Crippen LogP) is 27.1. The third kappa shape index (κ3) is 72.2. The average Bonchev–Trinajstić information content (AvgIpc) is 3.68. The fourth-order valence-electron chi connectivity index (χ4n) is 5.64. The van der Waals surface area contributed by atoms with Crippen molar-refractivity contribution in [1.82, 2.24) is 0 Å². The maximum atomic E-state index is 2.36. The lowest BCUT2D eigenvalue weighted by Gasteiger charge is -2.22. The largest absolute Gasteiger partial charge is 0.0654 e. The van der Waals surface area contributed by atoms with Gasteiger partial charge >= 0.3 is 0 Å². The summed E-state index contributed by atoms with van der Waals surface area (Å²) in [7, 11) is 0. The van der Waals surface area contributed by atoms with E-state index in [2.05, 4.69) is 242 Å². The first-order valence-corrected chi connectivity index (χ1v) is 31.8. The first-order chi connectivity index (χ1) is 31.8. The summed E-state index contributed by atoms with van der Waals surface area (Å²) in [4.78, 5) is 0. The summed E-state index contributed by atoms with van der Waals surface area (Å²) < 4.78 is 0. The molecule has 436 valence electrons. The topological polar surface area (TPSA) is 0 Å². The third-order valence-electron chi connectivity index (χ3n) is 18.3. The minimum absolute atomic E-state index is 0.500. The van der Waals surface area contributed by atoms with Gasteiger partial charge in [0, 0.05) is 0 Å². The van der Waals surface area contributed by atoms with Gasteiger partial charge in [-0.05, 0) is 86.8 Å². The molecule has 0 spiro atoms. The van der Waals surface area contributed by atoms with Gasteiger partial charge < -0.3 is 0 Å². The summed E-state index contributed by atoms with van der Waals surface area (Å²) in [5, 5.41) is 0. The molecule has 2 aliphatic rings. The molecule has 0 N–H and O–H groups in total. The molecule has 2 saturated carbocycles. The number of hydrogen-bond donors (Lipinski definition) is 0. The van der Waals surface area contributed by atoms with Crippen LogP contribution in [0.4, 0.5) is 0 Å². The normalized spacial score (nSPS) is 17.1. The zero-order valence-corrected chi connectivity index (χ0v) is 57.5. The molecule has 2 fully saturated rings. The minimum atomic E-state index is 0.500. The zero-order chi connectivity index (χ0) is 57.5. The second kappa shape index (κ2) is 53.8. The Kier molecular flexibility index (Phi) is 66.7. The molecule has 5 atom stereocenters. The molecule has 2 rings (SSSR count). The summed E-state index contributed by atoms with van der Waals surface area (Å²) in [5.41, 5.74) is 2.17. The molecule has 0 aromatic carbocycles. The quantitative estimate of drug-likeness (QED) is 0.163. The van der Waals surface area contributed by atoms with Crippen LogP contribution >= 0.6 is 0 Å². The van der Waals surface area contributed by atoms with Gasteiger partial charge in [-0.15, -0.1) is 0 Å². The van der Waals surface area contributed by atoms with E-state index in [-0.39, 0.29) is 0 Å². The summed E-state index contributed by atoms with van der Waals surface area (Å²) in [6, 6.07) is 0. The predicted molar refractivity (Wildman–Crippen MR) is 339 cm³/mol. The number of rotatable bonds is 14. The molecular formula is C70H156. The first kappa shape index (κ1) is 86.7. The Morgan fingerprint density at radius 2 is 0.629 bits per heavy atom. The fourth-order valence-corrected chi connectivity index (χ4v) is 5.64. The Labute approximate surface area is 455 Å². The minimum Gasteiger partial charge on any atom is -0.0654 e. The molecule has 0 amide bonds. The molecule has 0 aromatic rings. The summed E-state index contributed by atoms with van der Waals surface area (Å²) in [5.74, 6) is 10.1. The van der Waals surface area contributed by atoms with Gasteiger partial charge in [-0.3, -0.25) is 0 Å². The molecule has 0 aliphatic heterocycles. The van der Waals surface area contributed by atoms with Crippen LogP contribution in [0.15, 0.2) is 0 Å². The monoisotopic (exact) mass is 997 g/mol. The third-order valence-corrected chi connectivity index (χ3v) is 18.3. The summed E-state index contributed by atoms with van der Waals surface area (Å²) in [6.07, 6.45) is 27.8. The summed E-state index contributed by atoms with van der Waals surface area (Å²) >= 11 is 0. The van der Waals surface area contributed by atoms with Crippen molar-refractivity contribution in [3.05, 3.63) is 0 Å². The Morgan fingerprint density at radius 1 is 0.357 bits per heavy atom. The van der Waals surface area contributed by atoms with E-state index < -0.39 is 0 Å². The van der Waals surface area contributed by atoms with Crippen molar-refractivity contribution >= 4 is 0 Å². The molecule has 0 heteroatoms. The van der Waals surface area contributed by atoms with Gasteiger partial charge in [-0.25, -0.2) is 0 Å². The standard InChI is InChI=1S/2C7H14.8C7H16/c1-6-4-3-5-7(6)2;1-7-5-3-2-4-6-7;2*1-6(2)7(3,4)5;2*1-5-7(3,4)6-2;2*1-5-7(4)6(2)3;1-4-6-7(3)5-2;1-4-7(5-2)6-3/h6-7H,3-5H2,1-2H3;7H,2-6H2,1H3;2*6H,1-5H3;2*5-6H2,1-4H3;2*6-7H,5H2,1-4H3;2*7H,4-6H2,1-3H3/t6-,7?;;;;;;;;;/m1........./s1. The van der Waals surface area contributed by atoms with Crippen LogP contribution in [-0.4, -0.2) is 0 Å². The van der Waals surface area contributed by atoms with E-state index >= 15 is 0 Å². The highest BCUT2D eigenvalue weighted by Gasteiger charge is 2.18. The lowest BCUT2D eigenvalue weighted by Crippen LogP contribution is -2.12. The van der Waals surface area contributed by atoms with E-state index in [1.54, 1.807) is 0 Å². The highest BCUT2D eigenvalue weighted by atomic mass is 14.2. The van der Waals surface area contributed by atoms with Gasteiger partial charge in [0.25, 0.3) is 0 Å². The van der Waals surface area contributed by atoms with Gasteiger partial charge in [-0.1, -0.05) is 371 Å². The number of hydrogen-bond acceptors (Lipinski definition) is 0. The van der Waals surface area contributed by atoms with Gasteiger partial charge in [0.05, 0.1) is 0 Å². The fraction of sp³-hybridized carbons (Fsp3) is 1.00. The van der Waals surface area contributed by atoms with Crippen LogP contribution in [0.1, 0.15) is 371 Å². The Bertz CT molecular complexity index is 832. The second-order valence-corrected chi connectivity index (χ2v) is 28.1. The van der Waals surface area contributed by atoms with Crippen molar-refractivity contribution in [2.45, 2.75) is 371 Å². The molecule has 0 nitrogen and oxygen atoms in total. The summed E-state index contributed by atoms with van der Waals surface area (Å²) in [6.45, 7) is 79.5. The molecular weight excluding hydrogens is 841 g/mol. The van der Waals surface area contributed by atoms with Crippen LogP contribution in [0.3, 0.4) is 0 Å². The van der Waals surface area contributed by atoms with E-state index in [4.69, 9.17) is 0 Å². The Morgan fingerprint density at radius 3 is 0.686 bits per heavy atom. The van der Waals surface area contributed by atoms with Crippen LogP contribution in [0.5, 0.6) is 0 Å². The van der Waals surface area contributed by atoms with E-state index in [9.17, 15) is 0 Å². The highest BCUT2D eigenvalue weighted by molar-refractivity contribution is 4.69. The lowest BCUT2D eigenvalue weighted by atomic mass is 9.84. The zero-order valence-electron chi connectivity index (χ0n) is 57.5. The van der Waals surface area contributed by atoms with Crippen molar-refractivity contribution in [3.63, 3.8) is 0 Å². The lowest BCUT2D eigenvalue weighted by molar-refractivity contribution is 0.283. The molecule has 4 unspecified atom stereocenters. The van der Waals surface area contributed by atoms with Crippen LogP contribution in [-0.2, 0) is 0 Å². The van der Waals surface area contributed by atoms with Crippen LogP contribution in [0.2, 0.25) is 0 Å². The van der Waals surface area contributed by atoms with Crippen molar-refractivity contribution in [3.8, 4) is 0 Å². The van der Waals surface area contributed by atoms with E-state index in [1.165, 1.54) is 128 Å². The van der Waals surface area contributed by atoms with Gasteiger partial charge in [0.15, 0.2) is 0 Å². The SMILES string of the molecule is CC(C)C(C)(C)C.CC(C)C(C)(C)C.CC1CCCCC1.CC1CCC[C@H]1C.CCC(C)(C)CC.CCC(C)(C)CC.CCC(C)C(C)C.CCC(C)C(C)C.CCC(CC)CC.CCCC(C)CC. The Balaban J connectivity index is -0.000000102. The first-order valence-electron chi connectivity index (χ1n) is 31.8. The van der Waals surface area contributed by atoms with Crippen molar-refractivity contribution in [2.75, 3.05) is 0 Å². The molecule has 0 heterocycles. The molecule has 0 saturated heterocycles. The van der Waals surface area contributed by atoms with E-state index in [0.717, 1.165) is 65.1 Å².